The zero-order valence-electron chi connectivity index (χ0n) is 16.8. The van der Waals surface area contributed by atoms with E-state index < -0.39 is 0 Å². The molecule has 0 radical (unpaired) electrons. The molecule has 0 atom stereocenters. The smallest absolute Gasteiger partial charge is 0.119 e. The van der Waals surface area contributed by atoms with Crippen LogP contribution in [0.25, 0.3) is 22.2 Å². The Labute approximate surface area is 186 Å². The molecule has 0 saturated carbocycles. The summed E-state index contributed by atoms with van der Waals surface area (Å²) in [4.78, 5) is 3.52. The van der Waals surface area contributed by atoms with Crippen LogP contribution in [0.3, 0.4) is 0 Å². The van der Waals surface area contributed by atoms with Crippen molar-refractivity contribution >= 4 is 33.9 Å². The third kappa shape index (κ3) is 4.27. The van der Waals surface area contributed by atoms with Crippen molar-refractivity contribution in [2.24, 2.45) is 10.2 Å². The van der Waals surface area contributed by atoms with Crippen molar-refractivity contribution in [3.05, 3.63) is 119 Å². The number of H-pyrrole nitrogens is 1. The van der Waals surface area contributed by atoms with Crippen LogP contribution in [0.4, 0.5) is 11.4 Å². The van der Waals surface area contributed by atoms with E-state index in [1.165, 1.54) is 11.1 Å². The lowest BCUT2D eigenvalue weighted by atomic mass is 10.0. The molecule has 31 heavy (non-hydrogen) atoms. The molecule has 150 valence electrons. The number of hydrogen-bond donors (Lipinski definition) is 1. The van der Waals surface area contributed by atoms with Crippen molar-refractivity contribution in [1.29, 1.82) is 0 Å². The molecule has 0 amide bonds. The van der Waals surface area contributed by atoms with Crippen molar-refractivity contribution in [1.82, 2.24) is 4.98 Å². The van der Waals surface area contributed by atoms with Crippen LogP contribution in [-0.4, -0.2) is 4.98 Å². The molecule has 0 saturated heterocycles. The molecule has 0 aliphatic rings. The Morgan fingerprint density at radius 2 is 1.32 bits per heavy atom. The topological polar surface area (TPSA) is 40.5 Å². The quantitative estimate of drug-likeness (QED) is 0.276. The Morgan fingerprint density at radius 1 is 0.645 bits per heavy atom. The molecule has 5 rings (SSSR count). The first-order valence-corrected chi connectivity index (χ1v) is 10.6. The van der Waals surface area contributed by atoms with Gasteiger partial charge in [0.05, 0.1) is 11.4 Å². The normalized spacial score (nSPS) is 11.4. The van der Waals surface area contributed by atoms with Gasteiger partial charge in [0.2, 0.25) is 0 Å². The Balaban J connectivity index is 1.50. The monoisotopic (exact) mass is 421 g/mol. The Bertz CT molecular complexity index is 1340. The molecule has 0 aliphatic carbocycles. The Hall–Kier alpha value is -3.69. The summed E-state index contributed by atoms with van der Waals surface area (Å²) in [5, 5.41) is 10.8. The van der Waals surface area contributed by atoms with Crippen LogP contribution in [0, 0.1) is 0 Å². The highest BCUT2D eigenvalue weighted by molar-refractivity contribution is 6.30. The lowest BCUT2D eigenvalue weighted by Crippen LogP contribution is -1.88. The van der Waals surface area contributed by atoms with E-state index in [-0.39, 0.29) is 0 Å². The standard InChI is InChI=1S/C27H20ClN3/c28-22-14-16-23(17-15-22)30-31-27-24-8-4-5-9-25(24)29-26(27)21-12-10-20(11-13-21)18-19-6-2-1-3-7-19/h1-17,29H,18H2. The number of rotatable bonds is 5. The van der Waals surface area contributed by atoms with Gasteiger partial charge >= 0.3 is 0 Å². The van der Waals surface area contributed by atoms with Crippen LogP contribution >= 0.6 is 11.6 Å². The molecule has 0 bridgehead atoms. The van der Waals surface area contributed by atoms with E-state index in [0.29, 0.717) is 5.02 Å². The number of halogens is 1. The maximum atomic E-state index is 5.98. The summed E-state index contributed by atoms with van der Waals surface area (Å²) in [7, 11) is 0. The van der Waals surface area contributed by atoms with Crippen molar-refractivity contribution in [2.45, 2.75) is 6.42 Å². The van der Waals surface area contributed by atoms with Crippen LogP contribution in [0.2, 0.25) is 5.02 Å². The number of para-hydroxylation sites is 1. The molecule has 3 nitrogen and oxygen atoms in total. The van der Waals surface area contributed by atoms with Gasteiger partial charge < -0.3 is 4.98 Å². The maximum Gasteiger partial charge on any atom is 0.119 e. The summed E-state index contributed by atoms with van der Waals surface area (Å²) < 4.78 is 0. The van der Waals surface area contributed by atoms with Crippen LogP contribution < -0.4 is 0 Å². The molecule has 1 N–H and O–H groups in total. The number of aromatic amines is 1. The molecule has 0 unspecified atom stereocenters. The molecule has 0 spiro atoms. The second-order valence-electron chi connectivity index (χ2n) is 7.43. The summed E-state index contributed by atoms with van der Waals surface area (Å²) in [5.74, 6) is 0. The van der Waals surface area contributed by atoms with Gasteiger partial charge in [-0.2, -0.15) is 5.11 Å². The number of aromatic nitrogens is 1. The van der Waals surface area contributed by atoms with Gasteiger partial charge in [-0.15, -0.1) is 5.11 Å². The first-order valence-electron chi connectivity index (χ1n) is 10.2. The number of hydrogen-bond acceptors (Lipinski definition) is 2. The summed E-state index contributed by atoms with van der Waals surface area (Å²) in [6.07, 6.45) is 0.914. The SMILES string of the molecule is Clc1ccc(N=Nc2c(-c3ccc(Cc4ccccc4)cc3)[nH]c3ccccc23)cc1. The molecule has 0 fully saturated rings. The first kappa shape index (κ1) is 19.3. The predicted molar refractivity (Wildman–Crippen MR) is 129 cm³/mol. The fourth-order valence-corrected chi connectivity index (χ4v) is 3.80. The highest BCUT2D eigenvalue weighted by Gasteiger charge is 2.13. The fourth-order valence-electron chi connectivity index (χ4n) is 3.68. The molecular weight excluding hydrogens is 402 g/mol. The average molecular weight is 422 g/mol. The van der Waals surface area contributed by atoms with E-state index >= 15 is 0 Å². The van der Waals surface area contributed by atoms with Crippen LogP contribution in [-0.2, 0) is 6.42 Å². The highest BCUT2D eigenvalue weighted by atomic mass is 35.5. The number of fused-ring (bicyclic) bond motifs is 1. The number of benzene rings is 4. The van der Waals surface area contributed by atoms with Gasteiger partial charge in [-0.1, -0.05) is 84.4 Å². The predicted octanol–water partition coefficient (Wildman–Crippen LogP) is 8.49. The van der Waals surface area contributed by atoms with E-state index in [9.17, 15) is 0 Å². The van der Waals surface area contributed by atoms with Crippen molar-refractivity contribution in [3.63, 3.8) is 0 Å². The maximum absolute atomic E-state index is 5.98. The van der Waals surface area contributed by atoms with E-state index in [1.54, 1.807) is 0 Å². The molecule has 4 aromatic carbocycles. The molecule has 1 aromatic heterocycles. The molecular formula is C27H20ClN3. The van der Waals surface area contributed by atoms with Gasteiger partial charge in [-0.05, 0) is 47.9 Å². The molecule has 4 heteroatoms. The summed E-state index contributed by atoms with van der Waals surface area (Å²) in [6.45, 7) is 0. The summed E-state index contributed by atoms with van der Waals surface area (Å²) in [6, 6.07) is 34.7. The zero-order valence-corrected chi connectivity index (χ0v) is 17.6. The molecule has 5 aromatic rings. The summed E-state index contributed by atoms with van der Waals surface area (Å²) in [5.41, 5.74) is 7.26. The highest BCUT2D eigenvalue weighted by Crippen LogP contribution is 2.38. The van der Waals surface area contributed by atoms with Crippen LogP contribution in [0.5, 0.6) is 0 Å². The van der Waals surface area contributed by atoms with Gasteiger partial charge in [-0.25, -0.2) is 0 Å². The third-order valence-corrected chi connectivity index (χ3v) is 5.52. The summed E-state index contributed by atoms with van der Waals surface area (Å²) >= 11 is 5.98. The van der Waals surface area contributed by atoms with Gasteiger partial charge in [-0.3, -0.25) is 0 Å². The lowest BCUT2D eigenvalue weighted by Gasteiger charge is -2.05. The number of nitrogens with zero attached hydrogens (tertiary/aromatic N) is 2. The number of azo groups is 1. The Kier molecular flexibility index (Phi) is 5.34. The van der Waals surface area contributed by atoms with Gasteiger partial charge in [0.15, 0.2) is 0 Å². The Morgan fingerprint density at radius 3 is 2.10 bits per heavy atom. The van der Waals surface area contributed by atoms with E-state index in [0.717, 1.165) is 40.0 Å². The van der Waals surface area contributed by atoms with Crippen molar-refractivity contribution in [2.75, 3.05) is 0 Å². The minimum absolute atomic E-state index is 0.683. The minimum atomic E-state index is 0.683. The minimum Gasteiger partial charge on any atom is -0.353 e. The van der Waals surface area contributed by atoms with Gasteiger partial charge in [0.1, 0.15) is 5.69 Å². The van der Waals surface area contributed by atoms with E-state index in [2.05, 4.69) is 75.9 Å². The molecule has 0 aliphatic heterocycles. The third-order valence-electron chi connectivity index (χ3n) is 5.26. The van der Waals surface area contributed by atoms with E-state index in [4.69, 9.17) is 11.6 Å². The first-order chi connectivity index (χ1) is 15.3. The number of nitrogens with one attached hydrogen (secondary N) is 1. The van der Waals surface area contributed by atoms with Gasteiger partial charge in [0, 0.05) is 21.5 Å². The van der Waals surface area contributed by atoms with Crippen LogP contribution in [0.1, 0.15) is 11.1 Å². The zero-order chi connectivity index (χ0) is 21.0. The second-order valence-corrected chi connectivity index (χ2v) is 7.87. The van der Waals surface area contributed by atoms with Crippen molar-refractivity contribution in [3.8, 4) is 11.3 Å². The second kappa shape index (κ2) is 8.58. The molecule has 1 heterocycles. The average Bonchev–Trinajstić information content (AvgIpc) is 3.18. The lowest BCUT2D eigenvalue weighted by molar-refractivity contribution is 1.19. The van der Waals surface area contributed by atoms with Crippen LogP contribution in [0.15, 0.2) is 113 Å². The van der Waals surface area contributed by atoms with Crippen molar-refractivity contribution < 1.29 is 0 Å². The fraction of sp³-hybridized carbons (Fsp3) is 0.0370. The largest absolute Gasteiger partial charge is 0.353 e. The van der Waals surface area contributed by atoms with Gasteiger partial charge in [0.25, 0.3) is 0 Å². The van der Waals surface area contributed by atoms with E-state index in [1.807, 2.05) is 42.5 Å².